The Bertz CT molecular complexity index is 552. The third-order valence-corrected chi connectivity index (χ3v) is 2.85. The SMILES string of the molecule is CC[C@@H](NC(=O)C=Cc1ccc2c(c1)OCO2)C(=O)O. The van der Waals surface area contributed by atoms with E-state index in [4.69, 9.17) is 14.6 Å². The van der Waals surface area contributed by atoms with E-state index in [0.29, 0.717) is 17.9 Å². The molecule has 0 saturated heterocycles. The lowest BCUT2D eigenvalue weighted by molar-refractivity contribution is -0.141. The summed E-state index contributed by atoms with van der Waals surface area (Å²) in [6.45, 7) is 1.89. The molecule has 6 nitrogen and oxygen atoms in total. The van der Waals surface area contributed by atoms with Crippen LogP contribution in [-0.4, -0.2) is 29.8 Å². The minimum Gasteiger partial charge on any atom is -0.480 e. The first-order chi connectivity index (χ1) is 9.60. The van der Waals surface area contributed by atoms with Gasteiger partial charge in [-0.2, -0.15) is 0 Å². The Balaban J connectivity index is 1.98. The van der Waals surface area contributed by atoms with Crippen molar-refractivity contribution in [3.63, 3.8) is 0 Å². The fourth-order valence-electron chi connectivity index (χ4n) is 1.75. The van der Waals surface area contributed by atoms with Crippen LogP contribution >= 0.6 is 0 Å². The van der Waals surface area contributed by atoms with Crippen molar-refractivity contribution in [2.45, 2.75) is 19.4 Å². The van der Waals surface area contributed by atoms with Gasteiger partial charge in [0.15, 0.2) is 11.5 Å². The molecule has 1 heterocycles. The van der Waals surface area contributed by atoms with Gasteiger partial charge in [0, 0.05) is 6.08 Å². The van der Waals surface area contributed by atoms with Crippen LogP contribution in [0.3, 0.4) is 0 Å². The van der Waals surface area contributed by atoms with E-state index < -0.39 is 17.9 Å². The maximum atomic E-state index is 11.6. The average molecular weight is 277 g/mol. The van der Waals surface area contributed by atoms with Crippen molar-refractivity contribution in [3.8, 4) is 11.5 Å². The maximum absolute atomic E-state index is 11.6. The molecule has 106 valence electrons. The number of carboxylic acids is 1. The summed E-state index contributed by atoms with van der Waals surface area (Å²) in [5, 5.41) is 11.3. The third kappa shape index (κ3) is 3.28. The molecule has 0 bridgehead atoms. The first kappa shape index (κ1) is 13.9. The van der Waals surface area contributed by atoms with Crippen molar-refractivity contribution >= 4 is 18.0 Å². The van der Waals surface area contributed by atoms with E-state index in [9.17, 15) is 9.59 Å². The maximum Gasteiger partial charge on any atom is 0.326 e. The van der Waals surface area contributed by atoms with Crippen molar-refractivity contribution in [2.24, 2.45) is 0 Å². The number of rotatable bonds is 5. The normalized spacial score (nSPS) is 14.2. The van der Waals surface area contributed by atoms with Gasteiger partial charge in [-0.1, -0.05) is 13.0 Å². The molecule has 1 amide bonds. The smallest absolute Gasteiger partial charge is 0.326 e. The van der Waals surface area contributed by atoms with Crippen molar-refractivity contribution in [3.05, 3.63) is 29.8 Å². The molecule has 1 aromatic carbocycles. The first-order valence-electron chi connectivity index (χ1n) is 6.21. The van der Waals surface area contributed by atoms with Crippen molar-refractivity contribution in [2.75, 3.05) is 6.79 Å². The topological polar surface area (TPSA) is 84.9 Å². The van der Waals surface area contributed by atoms with Gasteiger partial charge in [0.25, 0.3) is 0 Å². The second kappa shape index (κ2) is 6.10. The Morgan fingerprint density at radius 1 is 1.40 bits per heavy atom. The summed E-state index contributed by atoms with van der Waals surface area (Å²) in [4.78, 5) is 22.4. The molecule has 1 aromatic rings. The Kier molecular flexibility index (Phi) is 4.24. The summed E-state index contributed by atoms with van der Waals surface area (Å²) >= 11 is 0. The van der Waals surface area contributed by atoms with Crippen LogP contribution in [0.25, 0.3) is 6.08 Å². The van der Waals surface area contributed by atoms with Gasteiger partial charge in [0.2, 0.25) is 12.7 Å². The number of carboxylic acid groups (broad SMARTS) is 1. The quantitative estimate of drug-likeness (QED) is 0.795. The molecule has 0 radical (unpaired) electrons. The fraction of sp³-hybridized carbons (Fsp3) is 0.286. The Labute approximate surface area is 116 Å². The molecule has 2 rings (SSSR count). The zero-order chi connectivity index (χ0) is 14.5. The number of carbonyl (C=O) groups is 2. The molecule has 1 aliphatic rings. The van der Waals surface area contributed by atoms with Gasteiger partial charge in [-0.15, -0.1) is 0 Å². The predicted molar refractivity (Wildman–Crippen MR) is 71.5 cm³/mol. The summed E-state index contributed by atoms with van der Waals surface area (Å²) in [6, 6.07) is 4.42. The lowest BCUT2D eigenvalue weighted by Gasteiger charge is -2.09. The largest absolute Gasteiger partial charge is 0.480 e. The zero-order valence-corrected chi connectivity index (χ0v) is 11.0. The van der Waals surface area contributed by atoms with Crippen molar-refractivity contribution in [1.82, 2.24) is 5.32 Å². The molecule has 20 heavy (non-hydrogen) atoms. The third-order valence-electron chi connectivity index (χ3n) is 2.85. The highest BCUT2D eigenvalue weighted by Crippen LogP contribution is 2.32. The number of carbonyl (C=O) groups excluding carboxylic acids is 1. The van der Waals surface area contributed by atoms with E-state index >= 15 is 0 Å². The zero-order valence-electron chi connectivity index (χ0n) is 11.0. The molecule has 1 atom stereocenters. The van der Waals surface area contributed by atoms with Gasteiger partial charge >= 0.3 is 5.97 Å². The van der Waals surface area contributed by atoms with Crippen LogP contribution < -0.4 is 14.8 Å². The number of ether oxygens (including phenoxy) is 2. The van der Waals surface area contributed by atoms with Gasteiger partial charge in [-0.25, -0.2) is 4.79 Å². The van der Waals surface area contributed by atoms with Gasteiger partial charge in [-0.3, -0.25) is 4.79 Å². The number of aliphatic carboxylic acids is 1. The fourth-order valence-corrected chi connectivity index (χ4v) is 1.75. The van der Waals surface area contributed by atoms with Crippen LogP contribution in [-0.2, 0) is 9.59 Å². The number of nitrogens with one attached hydrogen (secondary N) is 1. The van der Waals surface area contributed by atoms with Crippen LogP contribution in [0, 0.1) is 0 Å². The Hall–Kier alpha value is -2.50. The number of fused-ring (bicyclic) bond motifs is 1. The van der Waals surface area contributed by atoms with E-state index in [2.05, 4.69) is 5.32 Å². The van der Waals surface area contributed by atoms with Gasteiger partial charge in [-0.05, 0) is 30.2 Å². The van der Waals surface area contributed by atoms with E-state index in [-0.39, 0.29) is 6.79 Å². The second-order valence-corrected chi connectivity index (χ2v) is 4.25. The summed E-state index contributed by atoms with van der Waals surface area (Å²) in [7, 11) is 0. The summed E-state index contributed by atoms with van der Waals surface area (Å²) in [5.74, 6) is -0.192. The standard InChI is InChI=1S/C14H15NO5/c1-2-10(14(17)18)15-13(16)6-4-9-3-5-11-12(7-9)20-8-19-11/h3-7,10H,2,8H2,1H3,(H,15,16)(H,17,18)/t10-/m1/s1. The van der Waals surface area contributed by atoms with E-state index in [1.165, 1.54) is 6.08 Å². The van der Waals surface area contributed by atoms with E-state index in [0.717, 1.165) is 5.56 Å². The molecule has 0 spiro atoms. The average Bonchev–Trinajstić information content (AvgIpc) is 2.89. The number of amides is 1. The van der Waals surface area contributed by atoms with Crippen molar-refractivity contribution in [1.29, 1.82) is 0 Å². The van der Waals surface area contributed by atoms with Crippen LogP contribution in [0.4, 0.5) is 0 Å². The van der Waals surface area contributed by atoms with Gasteiger partial charge < -0.3 is 19.9 Å². The summed E-state index contributed by atoms with van der Waals surface area (Å²) in [5.41, 5.74) is 0.771. The molecular weight excluding hydrogens is 262 g/mol. The number of benzene rings is 1. The molecular formula is C14H15NO5. The van der Waals surface area contributed by atoms with Gasteiger partial charge in [0.05, 0.1) is 0 Å². The lowest BCUT2D eigenvalue weighted by Crippen LogP contribution is -2.39. The molecule has 0 saturated carbocycles. The second-order valence-electron chi connectivity index (χ2n) is 4.25. The van der Waals surface area contributed by atoms with E-state index in [1.54, 1.807) is 31.2 Å². The van der Waals surface area contributed by atoms with Crippen LogP contribution in [0.15, 0.2) is 24.3 Å². The molecule has 0 fully saturated rings. The first-order valence-corrected chi connectivity index (χ1v) is 6.21. The highest BCUT2D eigenvalue weighted by molar-refractivity contribution is 5.94. The van der Waals surface area contributed by atoms with Crippen molar-refractivity contribution < 1.29 is 24.2 Å². The minimum atomic E-state index is -1.04. The Morgan fingerprint density at radius 3 is 2.85 bits per heavy atom. The molecule has 0 aromatic heterocycles. The molecule has 0 aliphatic carbocycles. The Morgan fingerprint density at radius 2 is 2.15 bits per heavy atom. The lowest BCUT2D eigenvalue weighted by atomic mass is 10.2. The highest BCUT2D eigenvalue weighted by atomic mass is 16.7. The molecule has 0 unspecified atom stereocenters. The highest BCUT2D eigenvalue weighted by Gasteiger charge is 2.16. The monoisotopic (exact) mass is 277 g/mol. The summed E-state index contributed by atoms with van der Waals surface area (Å²) in [6.07, 6.45) is 3.22. The van der Waals surface area contributed by atoms with Crippen LogP contribution in [0.2, 0.25) is 0 Å². The molecule has 6 heteroatoms. The van der Waals surface area contributed by atoms with E-state index in [1.807, 2.05) is 0 Å². The van der Waals surface area contributed by atoms with Crippen LogP contribution in [0.5, 0.6) is 11.5 Å². The van der Waals surface area contributed by atoms with Gasteiger partial charge in [0.1, 0.15) is 6.04 Å². The van der Waals surface area contributed by atoms with Crippen LogP contribution in [0.1, 0.15) is 18.9 Å². The molecule has 2 N–H and O–H groups in total. The predicted octanol–water partition coefficient (Wildman–Crippen LogP) is 1.41. The number of hydrogen-bond donors (Lipinski definition) is 2. The minimum absolute atomic E-state index is 0.194. The molecule has 1 aliphatic heterocycles. The number of hydrogen-bond acceptors (Lipinski definition) is 4. The summed E-state index contributed by atoms with van der Waals surface area (Å²) < 4.78 is 10.4.